The molecule has 0 aromatic heterocycles. The molecule has 31 heavy (non-hydrogen) atoms. The molecule has 0 spiro atoms. The van der Waals surface area contributed by atoms with Crippen molar-refractivity contribution in [1.82, 2.24) is 16.0 Å². The Hall–Kier alpha value is -2.77. The maximum absolute atomic E-state index is 12.9. The first-order valence-electron chi connectivity index (χ1n) is 11.4. The predicted octanol–water partition coefficient (Wildman–Crippen LogP) is 2.57. The fourth-order valence-corrected chi connectivity index (χ4v) is 4.16. The number of hydrogen-bond acceptors (Lipinski definition) is 4. The summed E-state index contributed by atoms with van der Waals surface area (Å²) in [6.07, 6.45) is 5.58. The molecule has 1 saturated carbocycles. The number of anilines is 1. The van der Waals surface area contributed by atoms with Gasteiger partial charge in [0.2, 0.25) is 5.91 Å². The van der Waals surface area contributed by atoms with Crippen molar-refractivity contribution in [3.63, 3.8) is 0 Å². The van der Waals surface area contributed by atoms with Gasteiger partial charge in [0.25, 0.3) is 5.91 Å². The molecule has 4 amide bonds. The van der Waals surface area contributed by atoms with E-state index in [9.17, 15) is 14.4 Å². The van der Waals surface area contributed by atoms with Crippen LogP contribution in [-0.4, -0.2) is 49.6 Å². The summed E-state index contributed by atoms with van der Waals surface area (Å²) in [5.41, 5.74) is 0.604. The largest absolute Gasteiger partial charge is 0.477 e. The number of nitrogens with zero attached hydrogens (tertiary/aromatic N) is 1. The van der Waals surface area contributed by atoms with Crippen LogP contribution in [0.25, 0.3) is 0 Å². The summed E-state index contributed by atoms with van der Waals surface area (Å²) in [7, 11) is 0. The highest BCUT2D eigenvalue weighted by atomic mass is 16.5. The van der Waals surface area contributed by atoms with Gasteiger partial charge in [0.15, 0.2) is 6.10 Å². The summed E-state index contributed by atoms with van der Waals surface area (Å²) in [4.78, 5) is 39.3. The highest BCUT2D eigenvalue weighted by Gasteiger charge is 2.34. The third kappa shape index (κ3) is 6.12. The summed E-state index contributed by atoms with van der Waals surface area (Å²) in [6.45, 7) is 4.63. The summed E-state index contributed by atoms with van der Waals surface area (Å²) in [5.74, 6) is 0.495. The van der Waals surface area contributed by atoms with E-state index in [0.717, 1.165) is 25.7 Å². The van der Waals surface area contributed by atoms with E-state index in [2.05, 4.69) is 16.0 Å². The topological polar surface area (TPSA) is 99.8 Å². The summed E-state index contributed by atoms with van der Waals surface area (Å²) in [5, 5.41) is 8.49. The van der Waals surface area contributed by atoms with Crippen molar-refractivity contribution in [2.75, 3.05) is 24.5 Å². The van der Waals surface area contributed by atoms with E-state index in [0.29, 0.717) is 23.9 Å². The van der Waals surface area contributed by atoms with Crippen molar-refractivity contribution in [1.29, 1.82) is 0 Å². The number of amides is 4. The molecule has 1 unspecified atom stereocenters. The highest BCUT2D eigenvalue weighted by molar-refractivity contribution is 5.99. The zero-order valence-corrected chi connectivity index (χ0v) is 18.5. The number of hydrogen-bond donors (Lipinski definition) is 3. The van der Waals surface area contributed by atoms with Gasteiger partial charge in [-0.1, -0.05) is 38.8 Å². The fraction of sp³-hybridized carbons (Fsp3) is 0.609. The monoisotopic (exact) mass is 430 g/mol. The van der Waals surface area contributed by atoms with Gasteiger partial charge in [-0.15, -0.1) is 0 Å². The van der Waals surface area contributed by atoms with Crippen LogP contribution in [0.2, 0.25) is 0 Å². The molecule has 3 rings (SSSR count). The molecule has 1 atom stereocenters. The summed E-state index contributed by atoms with van der Waals surface area (Å²) < 4.78 is 5.88. The first kappa shape index (κ1) is 22.9. The van der Waals surface area contributed by atoms with Crippen LogP contribution in [-0.2, 0) is 9.59 Å². The average molecular weight is 431 g/mol. The summed E-state index contributed by atoms with van der Waals surface area (Å²) in [6, 6.07) is 6.87. The number of benzene rings is 1. The third-order valence-corrected chi connectivity index (χ3v) is 6.13. The zero-order chi connectivity index (χ0) is 22.2. The number of carbonyl (C=O) groups excluding carboxylic acids is 3. The second-order valence-corrected chi connectivity index (χ2v) is 8.31. The lowest BCUT2D eigenvalue weighted by molar-refractivity contribution is -0.129. The molecule has 2 aliphatic rings. The lowest BCUT2D eigenvalue weighted by Gasteiger charge is -2.34. The van der Waals surface area contributed by atoms with E-state index in [1.165, 1.54) is 17.7 Å². The van der Waals surface area contributed by atoms with E-state index in [1.54, 1.807) is 18.2 Å². The van der Waals surface area contributed by atoms with Gasteiger partial charge in [-0.2, -0.15) is 0 Å². The second kappa shape index (κ2) is 11.0. The van der Waals surface area contributed by atoms with Gasteiger partial charge in [-0.05, 0) is 43.7 Å². The Morgan fingerprint density at radius 1 is 1.10 bits per heavy atom. The SMILES string of the molecule is CCC(CC)NC(=O)C1CN(C(=O)CNC(=O)NCC2CCCC2)c2ccccc2O1. The average Bonchev–Trinajstić information content (AvgIpc) is 3.32. The Morgan fingerprint density at radius 3 is 2.52 bits per heavy atom. The first-order valence-corrected chi connectivity index (χ1v) is 11.4. The molecular weight excluding hydrogens is 396 g/mol. The molecule has 1 heterocycles. The maximum Gasteiger partial charge on any atom is 0.315 e. The molecule has 3 N–H and O–H groups in total. The smallest absolute Gasteiger partial charge is 0.315 e. The van der Waals surface area contributed by atoms with Gasteiger partial charge in [-0.3, -0.25) is 9.59 Å². The van der Waals surface area contributed by atoms with E-state index < -0.39 is 6.10 Å². The van der Waals surface area contributed by atoms with Crippen LogP contribution in [0, 0.1) is 5.92 Å². The molecule has 1 aromatic rings. The van der Waals surface area contributed by atoms with Gasteiger partial charge >= 0.3 is 6.03 Å². The van der Waals surface area contributed by atoms with Crippen LogP contribution >= 0.6 is 0 Å². The molecule has 0 radical (unpaired) electrons. The number of rotatable bonds is 8. The van der Waals surface area contributed by atoms with E-state index in [-0.39, 0.29) is 37.0 Å². The number of nitrogens with one attached hydrogen (secondary N) is 3. The minimum atomic E-state index is -0.796. The van der Waals surface area contributed by atoms with Crippen LogP contribution in [0.4, 0.5) is 10.5 Å². The quantitative estimate of drug-likeness (QED) is 0.590. The number of fused-ring (bicyclic) bond motifs is 1. The van der Waals surface area contributed by atoms with Crippen molar-refractivity contribution < 1.29 is 19.1 Å². The predicted molar refractivity (Wildman–Crippen MR) is 119 cm³/mol. The molecular formula is C23H34N4O4. The molecule has 0 saturated heterocycles. The van der Waals surface area contributed by atoms with Crippen LogP contribution in [0.3, 0.4) is 0 Å². The van der Waals surface area contributed by atoms with E-state index in [4.69, 9.17) is 4.74 Å². The molecule has 1 aliphatic carbocycles. The number of ether oxygens (including phenoxy) is 1. The molecule has 0 bridgehead atoms. The van der Waals surface area contributed by atoms with Gasteiger partial charge < -0.3 is 25.6 Å². The zero-order valence-electron chi connectivity index (χ0n) is 18.5. The second-order valence-electron chi connectivity index (χ2n) is 8.31. The number of para-hydroxylation sites is 2. The molecule has 170 valence electrons. The first-order chi connectivity index (χ1) is 15.0. The number of carbonyl (C=O) groups is 3. The van der Waals surface area contributed by atoms with Crippen LogP contribution in [0.1, 0.15) is 52.4 Å². The Morgan fingerprint density at radius 2 is 1.81 bits per heavy atom. The molecule has 1 aliphatic heterocycles. The van der Waals surface area contributed by atoms with Crippen molar-refractivity contribution >= 4 is 23.5 Å². The highest BCUT2D eigenvalue weighted by Crippen LogP contribution is 2.33. The Kier molecular flexibility index (Phi) is 8.14. The minimum Gasteiger partial charge on any atom is -0.477 e. The molecule has 1 aromatic carbocycles. The Labute approximate surface area is 184 Å². The fourth-order valence-electron chi connectivity index (χ4n) is 4.16. The molecule has 8 heteroatoms. The summed E-state index contributed by atoms with van der Waals surface area (Å²) >= 11 is 0. The lowest BCUT2D eigenvalue weighted by Crippen LogP contribution is -2.54. The van der Waals surface area contributed by atoms with Crippen molar-refractivity contribution in [2.45, 2.75) is 64.5 Å². The van der Waals surface area contributed by atoms with Gasteiger partial charge in [0, 0.05) is 12.6 Å². The van der Waals surface area contributed by atoms with Crippen molar-refractivity contribution in [3.05, 3.63) is 24.3 Å². The third-order valence-electron chi connectivity index (χ3n) is 6.13. The Bertz CT molecular complexity index is 775. The van der Waals surface area contributed by atoms with Crippen LogP contribution < -0.4 is 25.6 Å². The van der Waals surface area contributed by atoms with Crippen LogP contribution in [0.15, 0.2) is 24.3 Å². The van der Waals surface area contributed by atoms with Gasteiger partial charge in [0.1, 0.15) is 5.75 Å². The van der Waals surface area contributed by atoms with Gasteiger partial charge in [0.05, 0.1) is 18.8 Å². The molecule has 1 fully saturated rings. The van der Waals surface area contributed by atoms with Gasteiger partial charge in [-0.25, -0.2) is 4.79 Å². The minimum absolute atomic E-state index is 0.0719. The van der Waals surface area contributed by atoms with Crippen molar-refractivity contribution in [2.24, 2.45) is 5.92 Å². The lowest BCUT2D eigenvalue weighted by atomic mass is 10.1. The van der Waals surface area contributed by atoms with Crippen LogP contribution in [0.5, 0.6) is 5.75 Å². The number of urea groups is 1. The molecule has 8 nitrogen and oxygen atoms in total. The van der Waals surface area contributed by atoms with E-state index in [1.807, 2.05) is 19.9 Å². The normalized spacial score (nSPS) is 18.3. The Balaban J connectivity index is 1.59. The van der Waals surface area contributed by atoms with E-state index >= 15 is 0 Å². The maximum atomic E-state index is 12.9. The van der Waals surface area contributed by atoms with Crippen molar-refractivity contribution in [3.8, 4) is 5.75 Å². The standard InChI is InChI=1S/C23H34N4O4/c1-3-17(4-2)26-22(29)20-15-27(18-11-7-8-12-19(18)31-20)21(28)14-25-23(30)24-13-16-9-5-6-10-16/h7-8,11-12,16-17,20H,3-6,9-10,13-15H2,1-2H3,(H,26,29)(H2,24,25,30).